The van der Waals surface area contributed by atoms with Gasteiger partial charge in [0.15, 0.2) is 11.6 Å². The molecular weight excluding hydrogens is 408 g/mol. The lowest BCUT2D eigenvalue weighted by atomic mass is 9.96. The van der Waals surface area contributed by atoms with Crippen molar-refractivity contribution in [1.29, 1.82) is 0 Å². The number of amides is 1. The number of anilines is 1. The van der Waals surface area contributed by atoms with Crippen LogP contribution >= 0.6 is 0 Å². The molecule has 5 rings (SSSR count). The van der Waals surface area contributed by atoms with Crippen LogP contribution in [0.15, 0.2) is 48.5 Å². The van der Waals surface area contributed by atoms with Crippen molar-refractivity contribution in [3.63, 3.8) is 0 Å². The summed E-state index contributed by atoms with van der Waals surface area (Å²) < 4.78 is 27.7. The van der Waals surface area contributed by atoms with Gasteiger partial charge in [-0.05, 0) is 80.0 Å². The highest BCUT2D eigenvalue weighted by Gasteiger charge is 2.47. The first-order valence-electron chi connectivity index (χ1n) is 11.0. The lowest BCUT2D eigenvalue weighted by molar-refractivity contribution is 0.0930. The normalized spacial score (nSPS) is 17.5. The Hall–Kier alpha value is -2.99. The van der Waals surface area contributed by atoms with E-state index < -0.39 is 17.2 Å². The molecule has 4 nitrogen and oxygen atoms in total. The Morgan fingerprint density at radius 2 is 1.78 bits per heavy atom. The summed E-state index contributed by atoms with van der Waals surface area (Å²) >= 11 is 0. The quantitative estimate of drug-likeness (QED) is 0.637. The minimum Gasteiger partial charge on any atom is -0.368 e. The van der Waals surface area contributed by atoms with Gasteiger partial charge in [0.05, 0.1) is 5.54 Å². The van der Waals surface area contributed by atoms with E-state index in [-0.39, 0.29) is 5.91 Å². The number of aryl methyl sites for hydroxylation is 1. The third kappa shape index (κ3) is 3.52. The molecule has 0 radical (unpaired) electrons. The maximum Gasteiger partial charge on any atom is 0.252 e. The van der Waals surface area contributed by atoms with E-state index in [4.69, 9.17) is 0 Å². The highest BCUT2D eigenvalue weighted by atomic mass is 19.2. The first-order valence-corrected chi connectivity index (χ1v) is 11.0. The Balaban J connectivity index is 1.42. The molecule has 2 aliphatic rings. The van der Waals surface area contributed by atoms with E-state index in [1.807, 2.05) is 31.2 Å². The lowest BCUT2D eigenvalue weighted by Gasteiger charge is -2.44. The van der Waals surface area contributed by atoms with Crippen molar-refractivity contribution in [1.82, 2.24) is 10.2 Å². The second-order valence-corrected chi connectivity index (χ2v) is 9.35. The average molecular weight is 436 g/mol. The number of hydrogen-bond donors (Lipinski definition) is 1. The summed E-state index contributed by atoms with van der Waals surface area (Å²) in [4.78, 5) is 17.8. The zero-order valence-corrected chi connectivity index (χ0v) is 18.6. The van der Waals surface area contributed by atoms with Crippen molar-refractivity contribution in [3.8, 4) is 0 Å². The molecule has 1 heterocycles. The summed E-state index contributed by atoms with van der Waals surface area (Å²) in [5.41, 5.74) is 2.91. The van der Waals surface area contributed by atoms with Crippen LogP contribution in [-0.4, -0.2) is 44.0 Å². The van der Waals surface area contributed by atoms with Gasteiger partial charge in [-0.15, -0.1) is 0 Å². The molecule has 6 heteroatoms. The van der Waals surface area contributed by atoms with Gasteiger partial charge in [0, 0.05) is 30.4 Å². The molecule has 0 unspecified atom stereocenters. The van der Waals surface area contributed by atoms with Gasteiger partial charge in [0.25, 0.3) is 5.91 Å². The number of halogens is 2. The molecular formula is C26H27F2N3O. The van der Waals surface area contributed by atoms with Crippen molar-refractivity contribution < 1.29 is 13.6 Å². The minimum atomic E-state index is -0.874. The molecule has 1 aliphatic heterocycles. The molecule has 0 atom stereocenters. The fourth-order valence-corrected chi connectivity index (χ4v) is 4.60. The summed E-state index contributed by atoms with van der Waals surface area (Å²) in [5, 5.41) is 4.49. The molecule has 0 spiro atoms. The van der Waals surface area contributed by atoms with Crippen LogP contribution in [0.3, 0.4) is 0 Å². The Morgan fingerprint density at radius 3 is 2.47 bits per heavy atom. The molecule has 1 amide bonds. The van der Waals surface area contributed by atoms with Crippen molar-refractivity contribution in [2.45, 2.75) is 31.3 Å². The van der Waals surface area contributed by atoms with Crippen LogP contribution in [0.25, 0.3) is 10.8 Å². The summed E-state index contributed by atoms with van der Waals surface area (Å²) in [6, 6.07) is 14.5. The molecule has 0 bridgehead atoms. The average Bonchev–Trinajstić information content (AvgIpc) is 3.48. The van der Waals surface area contributed by atoms with Gasteiger partial charge in [-0.1, -0.05) is 24.3 Å². The van der Waals surface area contributed by atoms with E-state index >= 15 is 0 Å². The van der Waals surface area contributed by atoms with E-state index in [1.165, 1.54) is 12.1 Å². The van der Waals surface area contributed by atoms with Crippen LogP contribution in [0.1, 0.15) is 34.3 Å². The van der Waals surface area contributed by atoms with Crippen molar-refractivity contribution >= 4 is 22.4 Å². The Morgan fingerprint density at radius 1 is 1.06 bits per heavy atom. The summed E-state index contributed by atoms with van der Waals surface area (Å²) in [7, 11) is 4.16. The fraction of sp³-hybridized carbons (Fsp3) is 0.346. The number of fused-ring (bicyclic) bond motifs is 1. The lowest BCUT2D eigenvalue weighted by Crippen LogP contribution is -2.57. The van der Waals surface area contributed by atoms with Crippen LogP contribution < -0.4 is 10.2 Å². The monoisotopic (exact) mass is 435 g/mol. The van der Waals surface area contributed by atoms with Gasteiger partial charge in [-0.3, -0.25) is 4.79 Å². The van der Waals surface area contributed by atoms with E-state index in [9.17, 15) is 13.6 Å². The smallest absolute Gasteiger partial charge is 0.252 e. The Labute approximate surface area is 186 Å². The summed E-state index contributed by atoms with van der Waals surface area (Å²) in [6.45, 7) is 3.82. The molecule has 2 fully saturated rings. The fourth-order valence-electron chi connectivity index (χ4n) is 4.60. The maximum absolute atomic E-state index is 14.0. The number of benzene rings is 3. The Bertz CT molecular complexity index is 1210. The predicted molar refractivity (Wildman–Crippen MR) is 123 cm³/mol. The highest BCUT2D eigenvalue weighted by Crippen LogP contribution is 2.48. The number of likely N-dealkylation sites (N-methyl/N-ethyl adjacent to an activating group) is 1. The number of hydrogen-bond acceptors (Lipinski definition) is 3. The van der Waals surface area contributed by atoms with Gasteiger partial charge in [-0.2, -0.15) is 0 Å². The molecule has 1 saturated carbocycles. The molecule has 1 N–H and O–H groups in total. The SMILES string of the molecule is Cc1ccc(N2CC(N(C)C)C2)cc1C(=O)NC1(c2cccc3cc(F)c(F)cc23)CC1. The summed E-state index contributed by atoms with van der Waals surface area (Å²) in [5.74, 6) is -1.87. The first kappa shape index (κ1) is 20.9. The van der Waals surface area contributed by atoms with Gasteiger partial charge in [-0.25, -0.2) is 8.78 Å². The highest BCUT2D eigenvalue weighted by molar-refractivity contribution is 5.98. The van der Waals surface area contributed by atoms with Gasteiger partial charge in [0.2, 0.25) is 0 Å². The van der Waals surface area contributed by atoms with Gasteiger partial charge in [0.1, 0.15) is 0 Å². The summed E-state index contributed by atoms with van der Waals surface area (Å²) in [6.07, 6.45) is 1.54. The molecule has 166 valence electrons. The number of rotatable bonds is 5. The van der Waals surface area contributed by atoms with E-state index in [2.05, 4.69) is 35.3 Å². The largest absolute Gasteiger partial charge is 0.368 e. The van der Waals surface area contributed by atoms with E-state index in [0.717, 1.165) is 42.7 Å². The maximum atomic E-state index is 14.0. The third-order valence-electron chi connectivity index (χ3n) is 6.96. The van der Waals surface area contributed by atoms with Crippen molar-refractivity contribution in [2.75, 3.05) is 32.1 Å². The number of carbonyl (C=O) groups is 1. The zero-order valence-electron chi connectivity index (χ0n) is 18.6. The zero-order chi connectivity index (χ0) is 22.6. The first-order chi connectivity index (χ1) is 15.3. The van der Waals surface area contributed by atoms with Crippen LogP contribution in [-0.2, 0) is 5.54 Å². The molecule has 1 aliphatic carbocycles. The molecule has 0 aromatic heterocycles. The van der Waals surface area contributed by atoms with Crippen molar-refractivity contribution in [3.05, 3.63) is 76.9 Å². The van der Waals surface area contributed by atoms with Crippen LogP contribution in [0.2, 0.25) is 0 Å². The van der Waals surface area contributed by atoms with Crippen LogP contribution in [0, 0.1) is 18.6 Å². The van der Waals surface area contributed by atoms with E-state index in [0.29, 0.717) is 22.4 Å². The topological polar surface area (TPSA) is 35.6 Å². The van der Waals surface area contributed by atoms with Gasteiger partial charge >= 0.3 is 0 Å². The van der Waals surface area contributed by atoms with Crippen molar-refractivity contribution in [2.24, 2.45) is 0 Å². The second-order valence-electron chi connectivity index (χ2n) is 9.35. The van der Waals surface area contributed by atoms with Crippen LogP contribution in [0.5, 0.6) is 0 Å². The molecule has 3 aromatic rings. The Kier molecular flexibility index (Phi) is 4.93. The van der Waals surface area contributed by atoms with Crippen LogP contribution in [0.4, 0.5) is 14.5 Å². The molecule has 3 aromatic carbocycles. The molecule has 1 saturated heterocycles. The predicted octanol–water partition coefficient (Wildman–Crippen LogP) is 4.60. The number of nitrogens with one attached hydrogen (secondary N) is 1. The number of carbonyl (C=O) groups excluding carboxylic acids is 1. The number of nitrogens with zero attached hydrogens (tertiary/aromatic N) is 2. The van der Waals surface area contributed by atoms with E-state index in [1.54, 1.807) is 6.07 Å². The standard InChI is InChI=1S/C26H27F2N3O/c1-16-7-8-18(31-14-19(15-31)30(2)3)12-20(16)25(32)29-26(9-10-26)22-6-4-5-17-11-23(27)24(28)13-21(17)22/h4-8,11-13,19H,9-10,14-15H2,1-3H3,(H,29,32). The minimum absolute atomic E-state index is 0.133. The van der Waals surface area contributed by atoms with Gasteiger partial charge < -0.3 is 15.1 Å². The third-order valence-corrected chi connectivity index (χ3v) is 6.96. The second kappa shape index (κ2) is 7.55. The molecule has 32 heavy (non-hydrogen) atoms.